The van der Waals surface area contributed by atoms with E-state index in [-0.39, 0.29) is 17.2 Å². The van der Waals surface area contributed by atoms with Gasteiger partial charge in [0.25, 0.3) is 5.91 Å². The van der Waals surface area contributed by atoms with Gasteiger partial charge in [0.15, 0.2) is 0 Å². The van der Waals surface area contributed by atoms with Crippen LogP contribution in [0.5, 0.6) is 5.75 Å². The highest BCUT2D eigenvalue weighted by Gasteiger charge is 2.10. The van der Waals surface area contributed by atoms with Crippen molar-refractivity contribution in [1.82, 2.24) is 4.98 Å². The molecule has 0 atom stereocenters. The smallest absolute Gasteiger partial charge is 0.259 e. The van der Waals surface area contributed by atoms with E-state index >= 15 is 0 Å². The van der Waals surface area contributed by atoms with Crippen molar-refractivity contribution in [2.75, 3.05) is 5.32 Å². The number of carbonyl (C=O) groups is 1. The van der Waals surface area contributed by atoms with Crippen LogP contribution in [-0.4, -0.2) is 16.0 Å². The van der Waals surface area contributed by atoms with Gasteiger partial charge in [-0.1, -0.05) is 6.07 Å². The standard InChI is InChI=1S/C13H12N2O2/c1-9-4-5-11(12(16)7-9)13(17)15-10-3-2-6-14-8-10/h2-8,16H,1H3,(H,15,17). The zero-order chi connectivity index (χ0) is 12.3. The van der Waals surface area contributed by atoms with Crippen LogP contribution >= 0.6 is 0 Å². The van der Waals surface area contributed by atoms with E-state index in [2.05, 4.69) is 10.3 Å². The quantitative estimate of drug-likeness (QED) is 0.829. The molecule has 4 heteroatoms. The molecule has 2 aromatic rings. The second kappa shape index (κ2) is 4.65. The van der Waals surface area contributed by atoms with Crippen LogP contribution in [0.3, 0.4) is 0 Å². The molecule has 17 heavy (non-hydrogen) atoms. The fourth-order valence-corrected chi connectivity index (χ4v) is 1.47. The number of phenols is 1. The Bertz CT molecular complexity index is 538. The maximum Gasteiger partial charge on any atom is 0.259 e. The molecule has 0 saturated heterocycles. The summed E-state index contributed by atoms with van der Waals surface area (Å²) in [5.74, 6) is -0.373. The van der Waals surface area contributed by atoms with Crippen molar-refractivity contribution in [3.05, 3.63) is 53.9 Å². The first-order valence-corrected chi connectivity index (χ1v) is 5.18. The summed E-state index contributed by atoms with van der Waals surface area (Å²) in [6, 6.07) is 8.38. The van der Waals surface area contributed by atoms with Gasteiger partial charge in [0, 0.05) is 6.20 Å². The lowest BCUT2D eigenvalue weighted by Gasteiger charge is -2.06. The van der Waals surface area contributed by atoms with Crippen molar-refractivity contribution in [3.8, 4) is 5.75 Å². The molecule has 1 amide bonds. The van der Waals surface area contributed by atoms with E-state index in [0.717, 1.165) is 5.56 Å². The van der Waals surface area contributed by atoms with Crippen LogP contribution in [0.1, 0.15) is 15.9 Å². The van der Waals surface area contributed by atoms with Crippen LogP contribution in [-0.2, 0) is 0 Å². The molecule has 86 valence electrons. The first kappa shape index (κ1) is 11.1. The molecule has 0 fully saturated rings. The summed E-state index contributed by atoms with van der Waals surface area (Å²) in [5, 5.41) is 12.3. The Morgan fingerprint density at radius 1 is 1.35 bits per heavy atom. The number of pyridine rings is 1. The number of aromatic hydroxyl groups is 1. The van der Waals surface area contributed by atoms with E-state index in [1.807, 2.05) is 6.92 Å². The third-order valence-electron chi connectivity index (χ3n) is 2.32. The van der Waals surface area contributed by atoms with Gasteiger partial charge in [0.05, 0.1) is 17.4 Å². The van der Waals surface area contributed by atoms with Gasteiger partial charge in [-0.2, -0.15) is 0 Å². The highest BCUT2D eigenvalue weighted by molar-refractivity contribution is 6.06. The van der Waals surface area contributed by atoms with Crippen LogP contribution in [0, 0.1) is 6.92 Å². The SMILES string of the molecule is Cc1ccc(C(=O)Nc2cccnc2)c(O)c1. The van der Waals surface area contributed by atoms with Crippen LogP contribution in [0.25, 0.3) is 0 Å². The van der Waals surface area contributed by atoms with Gasteiger partial charge in [0.2, 0.25) is 0 Å². The van der Waals surface area contributed by atoms with Gasteiger partial charge < -0.3 is 10.4 Å². The highest BCUT2D eigenvalue weighted by atomic mass is 16.3. The third kappa shape index (κ3) is 2.60. The molecular formula is C13H12N2O2. The Kier molecular flexibility index (Phi) is 3.05. The fourth-order valence-electron chi connectivity index (χ4n) is 1.47. The molecule has 4 nitrogen and oxygen atoms in total. The Balaban J connectivity index is 2.21. The topological polar surface area (TPSA) is 62.2 Å². The Hall–Kier alpha value is -2.36. The minimum atomic E-state index is -0.351. The normalized spacial score (nSPS) is 9.94. The number of nitrogens with zero attached hydrogens (tertiary/aromatic N) is 1. The third-order valence-corrected chi connectivity index (χ3v) is 2.32. The number of hydrogen-bond donors (Lipinski definition) is 2. The zero-order valence-electron chi connectivity index (χ0n) is 9.34. The van der Waals surface area contributed by atoms with Gasteiger partial charge in [-0.25, -0.2) is 0 Å². The van der Waals surface area contributed by atoms with Crippen LogP contribution in [0.15, 0.2) is 42.7 Å². The minimum absolute atomic E-state index is 0.0219. The predicted molar refractivity (Wildman–Crippen MR) is 65.0 cm³/mol. The number of anilines is 1. The molecule has 1 aromatic carbocycles. The molecule has 0 bridgehead atoms. The molecule has 1 heterocycles. The first-order valence-electron chi connectivity index (χ1n) is 5.18. The highest BCUT2D eigenvalue weighted by Crippen LogP contribution is 2.19. The van der Waals surface area contributed by atoms with E-state index < -0.39 is 0 Å². The molecule has 1 aromatic heterocycles. The number of aryl methyl sites for hydroxylation is 1. The molecular weight excluding hydrogens is 216 g/mol. The summed E-state index contributed by atoms with van der Waals surface area (Å²) >= 11 is 0. The summed E-state index contributed by atoms with van der Waals surface area (Å²) in [5.41, 5.74) is 1.75. The lowest BCUT2D eigenvalue weighted by atomic mass is 10.1. The second-order valence-corrected chi connectivity index (χ2v) is 3.72. The molecule has 0 aliphatic rings. The van der Waals surface area contributed by atoms with Gasteiger partial charge in [-0.3, -0.25) is 9.78 Å². The monoisotopic (exact) mass is 228 g/mol. The lowest BCUT2D eigenvalue weighted by Crippen LogP contribution is -2.12. The van der Waals surface area contributed by atoms with Crippen molar-refractivity contribution in [3.63, 3.8) is 0 Å². The molecule has 0 spiro atoms. The number of amides is 1. The van der Waals surface area contributed by atoms with E-state index in [1.165, 1.54) is 0 Å². The number of benzene rings is 1. The maximum atomic E-state index is 11.8. The molecule has 0 saturated carbocycles. The largest absolute Gasteiger partial charge is 0.507 e. The number of rotatable bonds is 2. The van der Waals surface area contributed by atoms with Gasteiger partial charge in [0.1, 0.15) is 5.75 Å². The Morgan fingerprint density at radius 2 is 2.18 bits per heavy atom. The predicted octanol–water partition coefficient (Wildman–Crippen LogP) is 2.35. The summed E-state index contributed by atoms with van der Waals surface area (Å²) in [6.45, 7) is 1.85. The average Bonchev–Trinajstić information content (AvgIpc) is 2.30. The summed E-state index contributed by atoms with van der Waals surface area (Å²) in [6.07, 6.45) is 3.17. The van der Waals surface area contributed by atoms with Gasteiger partial charge in [-0.05, 0) is 36.8 Å². The van der Waals surface area contributed by atoms with Crippen molar-refractivity contribution in [2.24, 2.45) is 0 Å². The summed E-state index contributed by atoms with van der Waals surface area (Å²) in [4.78, 5) is 15.7. The Labute approximate surface area is 98.9 Å². The number of nitrogens with one attached hydrogen (secondary N) is 1. The van der Waals surface area contributed by atoms with Crippen LogP contribution < -0.4 is 5.32 Å². The number of carbonyl (C=O) groups excluding carboxylic acids is 1. The first-order chi connectivity index (χ1) is 8.16. The van der Waals surface area contributed by atoms with Crippen LogP contribution in [0.2, 0.25) is 0 Å². The molecule has 0 unspecified atom stereocenters. The summed E-state index contributed by atoms with van der Waals surface area (Å²) < 4.78 is 0. The second-order valence-electron chi connectivity index (χ2n) is 3.72. The van der Waals surface area contributed by atoms with Crippen molar-refractivity contribution < 1.29 is 9.90 Å². The summed E-state index contributed by atoms with van der Waals surface area (Å²) in [7, 11) is 0. The number of hydrogen-bond acceptors (Lipinski definition) is 3. The molecule has 0 aliphatic carbocycles. The van der Waals surface area contributed by atoms with Crippen molar-refractivity contribution >= 4 is 11.6 Å². The number of phenolic OH excluding ortho intramolecular Hbond substituents is 1. The molecule has 0 radical (unpaired) electrons. The van der Waals surface area contributed by atoms with Gasteiger partial charge >= 0.3 is 0 Å². The average molecular weight is 228 g/mol. The zero-order valence-corrected chi connectivity index (χ0v) is 9.34. The molecule has 2 rings (SSSR count). The van der Waals surface area contributed by atoms with Crippen molar-refractivity contribution in [1.29, 1.82) is 0 Å². The number of aromatic nitrogens is 1. The van der Waals surface area contributed by atoms with E-state index in [1.54, 1.807) is 42.7 Å². The lowest BCUT2D eigenvalue weighted by molar-refractivity contribution is 0.102. The Morgan fingerprint density at radius 3 is 2.82 bits per heavy atom. The molecule has 0 aliphatic heterocycles. The van der Waals surface area contributed by atoms with Gasteiger partial charge in [-0.15, -0.1) is 0 Å². The van der Waals surface area contributed by atoms with Crippen LogP contribution in [0.4, 0.5) is 5.69 Å². The van der Waals surface area contributed by atoms with E-state index in [4.69, 9.17) is 0 Å². The minimum Gasteiger partial charge on any atom is -0.507 e. The molecule has 2 N–H and O–H groups in total. The van der Waals surface area contributed by atoms with E-state index in [0.29, 0.717) is 5.69 Å². The van der Waals surface area contributed by atoms with Crippen molar-refractivity contribution in [2.45, 2.75) is 6.92 Å². The fraction of sp³-hybridized carbons (Fsp3) is 0.0769. The maximum absolute atomic E-state index is 11.8. The van der Waals surface area contributed by atoms with E-state index in [9.17, 15) is 9.90 Å².